The zero-order chi connectivity index (χ0) is 37.8. The number of carboxylic acid groups (broad SMARTS) is 2. The lowest BCUT2D eigenvalue weighted by molar-refractivity contribution is -0.209. The van der Waals surface area contributed by atoms with Crippen LogP contribution in [0.4, 0.5) is 0 Å². The van der Waals surface area contributed by atoms with Crippen molar-refractivity contribution >= 4 is 35.2 Å². The van der Waals surface area contributed by atoms with Crippen molar-refractivity contribution in [1.29, 1.82) is 0 Å². The Kier molecular flexibility index (Phi) is 10.4. The lowest BCUT2D eigenvalue weighted by atomic mass is 9.64. The molecule has 0 radical (unpaired) electrons. The second-order valence-electron chi connectivity index (χ2n) is 13.3. The fraction of sp³-hybridized carbons (Fsp3) is 0.268. The fourth-order valence-corrected chi connectivity index (χ4v) is 7.92. The van der Waals surface area contributed by atoms with Crippen molar-refractivity contribution in [3.8, 4) is 0 Å². The summed E-state index contributed by atoms with van der Waals surface area (Å²) in [5, 5.41) is 33.5. The van der Waals surface area contributed by atoms with E-state index in [1.54, 1.807) is 60.7 Å². The van der Waals surface area contributed by atoms with E-state index in [1.165, 1.54) is 48.5 Å². The summed E-state index contributed by atoms with van der Waals surface area (Å²) in [5.41, 5.74) is -7.20. The first-order chi connectivity index (χ1) is 25.5. The summed E-state index contributed by atoms with van der Waals surface area (Å²) >= 11 is 0. The van der Waals surface area contributed by atoms with Gasteiger partial charge in [0.2, 0.25) is 11.6 Å². The summed E-state index contributed by atoms with van der Waals surface area (Å²) in [6, 6.07) is 30.9. The number of nitrogens with one attached hydrogen (secondary N) is 1. The second-order valence-corrected chi connectivity index (χ2v) is 13.3. The van der Waals surface area contributed by atoms with Crippen molar-refractivity contribution in [3.05, 3.63) is 144 Å². The molecule has 0 aromatic heterocycles. The lowest BCUT2D eigenvalue weighted by Gasteiger charge is -2.42. The molecule has 4 N–H and O–H groups in total. The third-order valence-electron chi connectivity index (χ3n) is 10.5. The molecule has 1 saturated carbocycles. The number of aliphatic carboxylic acids is 2. The van der Waals surface area contributed by atoms with Gasteiger partial charge in [-0.1, -0.05) is 121 Å². The number of amides is 1. The quantitative estimate of drug-likeness (QED) is 0.0833. The summed E-state index contributed by atoms with van der Waals surface area (Å²) in [7, 11) is 0. The zero-order valence-electron chi connectivity index (χ0n) is 28.9. The summed E-state index contributed by atoms with van der Waals surface area (Å²) in [6.07, 6.45) is 1.77. The molecule has 1 amide bonds. The van der Waals surface area contributed by atoms with Gasteiger partial charge < -0.3 is 20.2 Å². The maximum absolute atomic E-state index is 15.2. The molecule has 1 fully saturated rings. The van der Waals surface area contributed by atoms with Gasteiger partial charge in [0.05, 0.1) is 12.4 Å². The van der Waals surface area contributed by atoms with E-state index in [2.05, 4.69) is 15.4 Å². The Labute approximate surface area is 305 Å². The standard InChI is InChI=1S/C41H39N3O9/c1-27-42-24-25-44(27)33-23-22-32(26-33)39(30-18-10-4-11-19-30,31-20-12-5-13-21-31)36(47)43-53-41(38(50)51,35(46)29-16-8-3-9-17-29)40(52,37(48)49)34(45)28-14-6-2-7-15-28/h2-21,32-33,52H,22-26H2,1H3,(H,43,47)(H,48,49)(H,50,51)/t32-,33+,40+,41+/m1/s1. The van der Waals surface area contributed by atoms with E-state index in [0.29, 0.717) is 36.9 Å². The van der Waals surface area contributed by atoms with Gasteiger partial charge in [-0.05, 0) is 43.2 Å². The average molecular weight is 718 g/mol. The van der Waals surface area contributed by atoms with Crippen LogP contribution in [-0.2, 0) is 24.6 Å². The van der Waals surface area contributed by atoms with Crippen LogP contribution < -0.4 is 5.48 Å². The van der Waals surface area contributed by atoms with E-state index in [9.17, 15) is 34.5 Å². The highest BCUT2D eigenvalue weighted by molar-refractivity contribution is 6.28. The van der Waals surface area contributed by atoms with E-state index >= 15 is 4.79 Å². The van der Waals surface area contributed by atoms with E-state index in [0.717, 1.165) is 24.5 Å². The summed E-state index contributed by atoms with van der Waals surface area (Å²) in [5.74, 6) is -8.40. The van der Waals surface area contributed by atoms with Gasteiger partial charge in [-0.2, -0.15) is 0 Å². The molecule has 0 saturated heterocycles. The molecule has 0 spiro atoms. The number of aliphatic hydroxyl groups is 1. The van der Waals surface area contributed by atoms with Crippen LogP contribution in [0, 0.1) is 5.92 Å². The van der Waals surface area contributed by atoms with E-state index in [1.807, 2.05) is 6.92 Å². The van der Waals surface area contributed by atoms with Gasteiger partial charge in [-0.3, -0.25) is 19.4 Å². The molecule has 272 valence electrons. The normalized spacial score (nSPS) is 19.4. The SMILES string of the molecule is CC1=NCCN1[C@H]1CC[C@@H](C(C(=O)NO[C@](C(=O)O)(C(=O)c2ccccc2)[C@@](O)(C(=O)O)C(=O)c2ccccc2)(c2ccccc2)c2ccccc2)C1. The number of rotatable bonds is 14. The molecular weight excluding hydrogens is 678 g/mol. The molecule has 4 aromatic rings. The molecule has 6 rings (SSSR count). The van der Waals surface area contributed by atoms with Crippen LogP contribution in [0.1, 0.15) is 58.0 Å². The molecule has 1 heterocycles. The Morgan fingerprint density at radius 1 is 0.717 bits per heavy atom. The number of carbonyl (C=O) groups excluding carboxylic acids is 3. The Morgan fingerprint density at radius 3 is 1.66 bits per heavy atom. The summed E-state index contributed by atoms with van der Waals surface area (Å²) in [6.45, 7) is 3.33. The first-order valence-corrected chi connectivity index (χ1v) is 17.3. The van der Waals surface area contributed by atoms with Gasteiger partial charge in [0.15, 0.2) is 0 Å². The fourth-order valence-electron chi connectivity index (χ4n) is 7.92. The van der Waals surface area contributed by atoms with Gasteiger partial charge in [0, 0.05) is 23.7 Å². The Hall–Kier alpha value is -5.98. The predicted octanol–water partition coefficient (Wildman–Crippen LogP) is 4.33. The Bertz CT molecular complexity index is 1990. The molecule has 12 heteroatoms. The number of Topliss-reactive ketones (excluding diaryl/α,β-unsaturated/α-hetero) is 2. The third kappa shape index (κ3) is 6.19. The molecular formula is C41H39N3O9. The van der Waals surface area contributed by atoms with Crippen LogP contribution in [0.15, 0.2) is 126 Å². The number of hydrogen-bond donors (Lipinski definition) is 4. The molecule has 0 unspecified atom stereocenters. The molecule has 4 aromatic carbocycles. The Balaban J connectivity index is 1.52. The van der Waals surface area contributed by atoms with Crippen molar-refractivity contribution in [2.75, 3.05) is 13.1 Å². The predicted molar refractivity (Wildman–Crippen MR) is 193 cm³/mol. The number of hydroxylamine groups is 1. The largest absolute Gasteiger partial charge is 0.479 e. The van der Waals surface area contributed by atoms with Gasteiger partial charge in [0.1, 0.15) is 5.41 Å². The third-order valence-corrected chi connectivity index (χ3v) is 10.5. The highest BCUT2D eigenvalue weighted by Crippen LogP contribution is 2.49. The maximum Gasteiger partial charge on any atom is 0.351 e. The zero-order valence-corrected chi connectivity index (χ0v) is 28.9. The summed E-state index contributed by atoms with van der Waals surface area (Å²) in [4.78, 5) is 82.7. The van der Waals surface area contributed by atoms with Crippen LogP contribution in [0.5, 0.6) is 0 Å². The van der Waals surface area contributed by atoms with Crippen molar-refractivity contribution in [2.24, 2.45) is 10.9 Å². The number of nitrogens with zero attached hydrogens (tertiary/aromatic N) is 2. The number of ketones is 2. The van der Waals surface area contributed by atoms with Crippen LogP contribution in [0.3, 0.4) is 0 Å². The van der Waals surface area contributed by atoms with Crippen LogP contribution in [0.25, 0.3) is 0 Å². The van der Waals surface area contributed by atoms with Gasteiger partial charge >= 0.3 is 17.5 Å². The molecule has 1 aliphatic carbocycles. The number of aliphatic imine (C=N–C) groups is 1. The van der Waals surface area contributed by atoms with Crippen LogP contribution >= 0.6 is 0 Å². The highest BCUT2D eigenvalue weighted by Gasteiger charge is 2.73. The van der Waals surface area contributed by atoms with Crippen molar-refractivity contribution < 1.29 is 44.1 Å². The number of carbonyl (C=O) groups is 5. The maximum atomic E-state index is 15.2. The number of carboxylic acids is 2. The first-order valence-electron chi connectivity index (χ1n) is 17.3. The Morgan fingerprint density at radius 2 is 1.21 bits per heavy atom. The van der Waals surface area contributed by atoms with E-state index in [-0.39, 0.29) is 6.04 Å². The minimum atomic E-state index is -4.09. The van der Waals surface area contributed by atoms with E-state index < -0.39 is 63.1 Å². The van der Waals surface area contributed by atoms with Crippen molar-refractivity contribution in [2.45, 2.75) is 48.8 Å². The molecule has 4 atom stereocenters. The second kappa shape index (κ2) is 14.9. The van der Waals surface area contributed by atoms with Gasteiger partial charge in [-0.15, -0.1) is 0 Å². The van der Waals surface area contributed by atoms with E-state index in [4.69, 9.17) is 4.84 Å². The van der Waals surface area contributed by atoms with Gasteiger partial charge in [0.25, 0.3) is 11.5 Å². The number of amidine groups is 1. The van der Waals surface area contributed by atoms with Crippen molar-refractivity contribution in [3.63, 3.8) is 0 Å². The van der Waals surface area contributed by atoms with Crippen molar-refractivity contribution in [1.82, 2.24) is 10.4 Å². The topological polar surface area (TPSA) is 183 Å². The molecule has 12 nitrogen and oxygen atoms in total. The lowest BCUT2D eigenvalue weighted by Crippen LogP contribution is -2.74. The summed E-state index contributed by atoms with van der Waals surface area (Å²) < 4.78 is 0. The number of hydrogen-bond acceptors (Lipinski definition) is 9. The van der Waals surface area contributed by atoms with Gasteiger partial charge in [-0.25, -0.2) is 19.9 Å². The minimum Gasteiger partial charge on any atom is -0.479 e. The van der Waals surface area contributed by atoms with Crippen LogP contribution in [-0.4, -0.2) is 85.8 Å². The average Bonchev–Trinajstić information content (AvgIpc) is 3.85. The molecule has 1 aliphatic heterocycles. The molecule has 2 aliphatic rings. The number of benzene rings is 4. The minimum absolute atomic E-state index is 0.0325. The smallest absolute Gasteiger partial charge is 0.351 e. The molecule has 0 bridgehead atoms. The van der Waals surface area contributed by atoms with Crippen LogP contribution in [0.2, 0.25) is 0 Å². The molecule has 53 heavy (non-hydrogen) atoms. The monoisotopic (exact) mass is 717 g/mol. The highest BCUT2D eigenvalue weighted by atomic mass is 16.7. The first kappa shape index (κ1) is 36.8.